The molecule has 60 valence electrons. The Morgan fingerprint density at radius 1 is 1.17 bits per heavy atom. The number of alkyl halides is 1. The van der Waals surface area contributed by atoms with Crippen molar-refractivity contribution in [2.24, 2.45) is 0 Å². The number of hydrogen-bond donors (Lipinski definition) is 0. The summed E-state index contributed by atoms with van der Waals surface area (Å²) >= 11 is 5.55. The van der Waals surface area contributed by atoms with Crippen molar-refractivity contribution in [3.05, 3.63) is 24.4 Å². The van der Waals surface area contributed by atoms with Gasteiger partial charge in [-0.2, -0.15) is 0 Å². The molecule has 0 saturated carbocycles. The molecule has 0 radical (unpaired) electrons. The van der Waals surface area contributed by atoms with Crippen LogP contribution in [0.25, 0.3) is 11.2 Å². The lowest BCUT2D eigenvalue weighted by molar-refractivity contribution is 1.04. The highest BCUT2D eigenvalue weighted by molar-refractivity contribution is 6.16. The zero-order chi connectivity index (χ0) is 8.39. The summed E-state index contributed by atoms with van der Waals surface area (Å²) in [7, 11) is 0. The van der Waals surface area contributed by atoms with Gasteiger partial charge in [-0.1, -0.05) is 0 Å². The van der Waals surface area contributed by atoms with E-state index in [9.17, 15) is 0 Å². The Hall–Kier alpha value is -1.29. The Labute approximate surface area is 73.7 Å². The molecule has 0 aliphatic rings. The van der Waals surface area contributed by atoms with E-state index in [4.69, 9.17) is 11.6 Å². The van der Waals surface area contributed by atoms with Crippen LogP contribution >= 0.6 is 11.6 Å². The van der Waals surface area contributed by atoms with Gasteiger partial charge < -0.3 is 0 Å². The third-order valence-electron chi connectivity index (χ3n) is 1.40. The number of nitrogens with zero attached hydrogens (tertiary/aromatic N) is 4. The first-order valence-electron chi connectivity index (χ1n) is 3.39. The second-order valence-corrected chi connectivity index (χ2v) is 2.45. The van der Waals surface area contributed by atoms with Crippen molar-refractivity contribution in [1.29, 1.82) is 0 Å². The smallest absolute Gasteiger partial charge is 0.181 e. The molecule has 12 heavy (non-hydrogen) atoms. The molecule has 0 saturated heterocycles. The summed E-state index contributed by atoms with van der Waals surface area (Å²) in [5.41, 5.74) is 1.27. The molecule has 0 bridgehead atoms. The minimum Gasteiger partial charge on any atom is -0.250 e. The van der Waals surface area contributed by atoms with Gasteiger partial charge in [0.15, 0.2) is 5.65 Å². The van der Waals surface area contributed by atoms with Crippen molar-refractivity contribution in [2.45, 2.75) is 5.88 Å². The van der Waals surface area contributed by atoms with Gasteiger partial charge in [-0.25, -0.2) is 19.9 Å². The normalized spacial score (nSPS) is 10.4. The van der Waals surface area contributed by atoms with Crippen LogP contribution in [0.1, 0.15) is 5.82 Å². The van der Waals surface area contributed by atoms with Gasteiger partial charge in [0.1, 0.15) is 11.3 Å². The van der Waals surface area contributed by atoms with E-state index in [-0.39, 0.29) is 0 Å². The number of rotatable bonds is 1. The molecule has 2 heterocycles. The van der Waals surface area contributed by atoms with Gasteiger partial charge >= 0.3 is 0 Å². The Balaban J connectivity index is 2.67. The zero-order valence-electron chi connectivity index (χ0n) is 6.11. The zero-order valence-corrected chi connectivity index (χ0v) is 6.86. The molecule has 0 spiro atoms. The fourth-order valence-electron chi connectivity index (χ4n) is 0.870. The summed E-state index contributed by atoms with van der Waals surface area (Å²) in [6.07, 6.45) is 4.81. The summed E-state index contributed by atoms with van der Waals surface area (Å²) < 4.78 is 0. The highest BCUT2D eigenvalue weighted by atomic mass is 35.5. The van der Waals surface area contributed by atoms with Gasteiger partial charge in [-0.3, -0.25) is 0 Å². The lowest BCUT2D eigenvalue weighted by Gasteiger charge is -1.95. The van der Waals surface area contributed by atoms with Gasteiger partial charge in [0.05, 0.1) is 12.1 Å². The third-order valence-corrected chi connectivity index (χ3v) is 1.64. The number of hydrogen-bond acceptors (Lipinski definition) is 4. The summed E-state index contributed by atoms with van der Waals surface area (Å²) in [5, 5.41) is 0. The van der Waals surface area contributed by atoms with Crippen molar-refractivity contribution < 1.29 is 0 Å². The van der Waals surface area contributed by atoms with E-state index in [1.165, 1.54) is 0 Å². The molecule has 2 aromatic heterocycles. The van der Waals surface area contributed by atoms with E-state index < -0.39 is 0 Å². The standard InChI is InChI=1S/C7H5ClN4/c8-3-6-11-4-5-7(12-6)10-2-1-9-5/h1-2,4H,3H2. The van der Waals surface area contributed by atoms with E-state index in [2.05, 4.69) is 19.9 Å². The first-order chi connectivity index (χ1) is 5.90. The molecule has 0 aromatic carbocycles. The van der Waals surface area contributed by atoms with Crippen molar-refractivity contribution in [3.63, 3.8) is 0 Å². The van der Waals surface area contributed by atoms with Gasteiger partial charge in [0, 0.05) is 12.4 Å². The lowest BCUT2D eigenvalue weighted by Crippen LogP contribution is -1.94. The molecule has 0 fully saturated rings. The monoisotopic (exact) mass is 180 g/mol. The SMILES string of the molecule is ClCc1ncc2nccnc2n1. The molecule has 2 aromatic rings. The molecule has 0 aliphatic carbocycles. The third kappa shape index (κ3) is 1.21. The summed E-state index contributed by atoms with van der Waals surface area (Å²) in [6, 6.07) is 0. The maximum Gasteiger partial charge on any atom is 0.181 e. The average Bonchev–Trinajstić information content (AvgIpc) is 2.17. The predicted molar refractivity (Wildman–Crippen MR) is 44.7 cm³/mol. The first-order valence-corrected chi connectivity index (χ1v) is 3.92. The van der Waals surface area contributed by atoms with E-state index >= 15 is 0 Å². The molecule has 0 unspecified atom stereocenters. The molecule has 5 heteroatoms. The summed E-state index contributed by atoms with van der Waals surface area (Å²) in [4.78, 5) is 16.1. The van der Waals surface area contributed by atoms with Crippen LogP contribution < -0.4 is 0 Å². The van der Waals surface area contributed by atoms with Crippen molar-refractivity contribution >= 4 is 22.8 Å². The molecule has 2 rings (SSSR count). The number of halogens is 1. The molecule has 4 nitrogen and oxygen atoms in total. The second-order valence-electron chi connectivity index (χ2n) is 2.19. The van der Waals surface area contributed by atoms with Crippen LogP contribution in [-0.4, -0.2) is 19.9 Å². The predicted octanol–water partition coefficient (Wildman–Crippen LogP) is 1.16. The van der Waals surface area contributed by atoms with E-state index in [0.29, 0.717) is 22.9 Å². The number of aromatic nitrogens is 4. The molecule has 0 atom stereocenters. The minimum absolute atomic E-state index is 0.298. The average molecular weight is 181 g/mol. The molecular formula is C7H5ClN4. The fraction of sp³-hybridized carbons (Fsp3) is 0.143. The van der Waals surface area contributed by atoms with E-state index in [1.807, 2.05) is 0 Å². The quantitative estimate of drug-likeness (QED) is 0.618. The fourth-order valence-corrected chi connectivity index (χ4v) is 0.999. The first kappa shape index (κ1) is 7.36. The summed E-state index contributed by atoms with van der Waals surface area (Å²) in [5.74, 6) is 0.872. The topological polar surface area (TPSA) is 51.6 Å². The van der Waals surface area contributed by atoms with Crippen LogP contribution in [0.3, 0.4) is 0 Å². The Kier molecular flexibility index (Phi) is 1.83. The second kappa shape index (κ2) is 2.98. The van der Waals surface area contributed by atoms with E-state index in [0.717, 1.165) is 0 Å². The molecule has 0 aliphatic heterocycles. The van der Waals surface area contributed by atoms with Crippen LogP contribution in [0.4, 0.5) is 0 Å². The van der Waals surface area contributed by atoms with Gasteiger partial charge in [-0.15, -0.1) is 11.6 Å². The molecule has 0 N–H and O–H groups in total. The highest BCUT2D eigenvalue weighted by Gasteiger charge is 1.98. The maximum atomic E-state index is 5.55. The van der Waals surface area contributed by atoms with Crippen LogP contribution in [0, 0.1) is 0 Å². The van der Waals surface area contributed by atoms with Gasteiger partial charge in [0.2, 0.25) is 0 Å². The van der Waals surface area contributed by atoms with Crippen LogP contribution in [0.15, 0.2) is 18.6 Å². The van der Waals surface area contributed by atoms with Gasteiger partial charge in [0.25, 0.3) is 0 Å². The lowest BCUT2D eigenvalue weighted by atomic mass is 10.5. The van der Waals surface area contributed by atoms with Gasteiger partial charge in [-0.05, 0) is 0 Å². The van der Waals surface area contributed by atoms with Crippen LogP contribution in [0.2, 0.25) is 0 Å². The molecule has 0 amide bonds. The Morgan fingerprint density at radius 3 is 2.83 bits per heavy atom. The van der Waals surface area contributed by atoms with Crippen molar-refractivity contribution in [3.8, 4) is 0 Å². The molecular weight excluding hydrogens is 176 g/mol. The Bertz CT molecular complexity index is 403. The van der Waals surface area contributed by atoms with Crippen molar-refractivity contribution in [1.82, 2.24) is 19.9 Å². The number of fused-ring (bicyclic) bond motifs is 1. The van der Waals surface area contributed by atoms with Crippen LogP contribution in [-0.2, 0) is 5.88 Å². The summed E-state index contributed by atoms with van der Waals surface area (Å²) in [6.45, 7) is 0. The Morgan fingerprint density at radius 2 is 2.00 bits per heavy atom. The maximum absolute atomic E-state index is 5.55. The van der Waals surface area contributed by atoms with Crippen molar-refractivity contribution in [2.75, 3.05) is 0 Å². The highest BCUT2D eigenvalue weighted by Crippen LogP contribution is 2.04. The minimum atomic E-state index is 0.298. The van der Waals surface area contributed by atoms with E-state index in [1.54, 1.807) is 18.6 Å². The van der Waals surface area contributed by atoms with Crippen LogP contribution in [0.5, 0.6) is 0 Å². The largest absolute Gasteiger partial charge is 0.250 e.